The normalized spacial score (nSPS) is 11.2. The Morgan fingerprint density at radius 1 is 1.26 bits per heavy atom. The van der Waals surface area contributed by atoms with E-state index in [1.165, 1.54) is 30.3 Å². The summed E-state index contributed by atoms with van der Waals surface area (Å²) < 4.78 is 43.8. The molecule has 0 bridgehead atoms. The van der Waals surface area contributed by atoms with Crippen molar-refractivity contribution < 1.29 is 27.6 Å². The Kier molecular flexibility index (Phi) is 6.13. The van der Waals surface area contributed by atoms with Gasteiger partial charge in [0.15, 0.2) is 0 Å². The van der Waals surface area contributed by atoms with Crippen molar-refractivity contribution in [3.8, 4) is 17.1 Å². The van der Waals surface area contributed by atoms with Crippen molar-refractivity contribution in [2.45, 2.75) is 19.6 Å². The first-order valence-electron chi connectivity index (χ1n) is 8.84. The number of hydrogen-bond donors (Lipinski definition) is 1. The molecular weight excluding hydrogens is 421 g/mol. The SMILES string of the molecule is CCOc1ccc(NC(=O)Cn2nnc(-c3cccc(C(F)(F)F)c3)n2)c([N+](=O)[O-])c1. The van der Waals surface area contributed by atoms with E-state index in [2.05, 4.69) is 20.7 Å². The number of carbonyl (C=O) groups is 1. The van der Waals surface area contributed by atoms with E-state index in [0.29, 0.717) is 6.61 Å². The number of carbonyl (C=O) groups excluding carboxylic acids is 1. The maximum Gasteiger partial charge on any atom is 0.416 e. The van der Waals surface area contributed by atoms with Crippen LogP contribution in [-0.2, 0) is 17.5 Å². The van der Waals surface area contributed by atoms with Gasteiger partial charge in [-0.1, -0.05) is 12.1 Å². The van der Waals surface area contributed by atoms with Crippen LogP contribution in [0.4, 0.5) is 24.5 Å². The molecule has 1 heterocycles. The number of nitrogens with zero attached hydrogens (tertiary/aromatic N) is 5. The van der Waals surface area contributed by atoms with Crippen LogP contribution < -0.4 is 10.1 Å². The molecule has 1 N–H and O–H groups in total. The first-order valence-corrected chi connectivity index (χ1v) is 8.84. The lowest BCUT2D eigenvalue weighted by molar-refractivity contribution is -0.384. The Bertz CT molecular complexity index is 1120. The third-order valence-corrected chi connectivity index (χ3v) is 3.94. The average molecular weight is 436 g/mol. The molecule has 10 nitrogen and oxygen atoms in total. The first kappa shape index (κ1) is 21.7. The molecule has 1 amide bonds. The maximum atomic E-state index is 12.9. The molecule has 0 radical (unpaired) electrons. The maximum absolute atomic E-state index is 12.9. The van der Waals surface area contributed by atoms with Crippen molar-refractivity contribution >= 4 is 17.3 Å². The van der Waals surface area contributed by atoms with Gasteiger partial charge in [-0.15, -0.1) is 10.2 Å². The predicted octanol–water partition coefficient (Wildman–Crippen LogP) is 3.30. The number of hydrogen-bond acceptors (Lipinski definition) is 7. The summed E-state index contributed by atoms with van der Waals surface area (Å²) in [4.78, 5) is 23.7. The Morgan fingerprint density at radius 3 is 2.71 bits per heavy atom. The Balaban J connectivity index is 1.73. The van der Waals surface area contributed by atoms with Crippen molar-refractivity contribution in [1.82, 2.24) is 20.2 Å². The minimum atomic E-state index is -4.53. The van der Waals surface area contributed by atoms with Gasteiger partial charge in [-0.3, -0.25) is 14.9 Å². The number of ether oxygens (including phenoxy) is 1. The van der Waals surface area contributed by atoms with Crippen LogP contribution in [0.15, 0.2) is 42.5 Å². The molecule has 0 aliphatic rings. The Hall–Kier alpha value is -4.03. The second-order valence-electron chi connectivity index (χ2n) is 6.14. The van der Waals surface area contributed by atoms with Gasteiger partial charge in [0.05, 0.1) is 23.2 Å². The number of tetrazole rings is 1. The van der Waals surface area contributed by atoms with E-state index >= 15 is 0 Å². The number of nitro groups is 1. The molecule has 0 unspecified atom stereocenters. The molecule has 0 saturated carbocycles. The van der Waals surface area contributed by atoms with E-state index in [4.69, 9.17) is 4.74 Å². The molecule has 31 heavy (non-hydrogen) atoms. The number of rotatable bonds is 7. The molecule has 3 aromatic rings. The van der Waals surface area contributed by atoms with Gasteiger partial charge in [0.1, 0.15) is 18.0 Å². The molecule has 0 fully saturated rings. The highest BCUT2D eigenvalue weighted by Gasteiger charge is 2.30. The van der Waals surface area contributed by atoms with Gasteiger partial charge in [0, 0.05) is 5.56 Å². The molecule has 0 spiro atoms. The summed E-state index contributed by atoms with van der Waals surface area (Å²) in [5, 5.41) is 24.8. The van der Waals surface area contributed by atoms with Gasteiger partial charge in [0.2, 0.25) is 11.7 Å². The molecule has 2 aromatic carbocycles. The lowest BCUT2D eigenvalue weighted by Crippen LogP contribution is -2.21. The summed E-state index contributed by atoms with van der Waals surface area (Å²) in [6.45, 7) is 1.58. The third kappa shape index (κ3) is 5.32. The number of benzene rings is 2. The highest BCUT2D eigenvalue weighted by molar-refractivity contribution is 5.93. The molecule has 13 heteroatoms. The fourth-order valence-electron chi connectivity index (χ4n) is 2.60. The van der Waals surface area contributed by atoms with Crippen LogP contribution in [0.3, 0.4) is 0 Å². The number of halogens is 3. The quantitative estimate of drug-likeness (QED) is 0.445. The second kappa shape index (κ2) is 8.77. The van der Waals surface area contributed by atoms with Crippen molar-refractivity contribution in [3.05, 3.63) is 58.1 Å². The summed E-state index contributed by atoms with van der Waals surface area (Å²) in [6.07, 6.45) is -4.53. The highest BCUT2D eigenvalue weighted by atomic mass is 19.4. The van der Waals surface area contributed by atoms with Crippen LogP contribution in [0.25, 0.3) is 11.4 Å². The van der Waals surface area contributed by atoms with E-state index in [1.54, 1.807) is 6.92 Å². The van der Waals surface area contributed by atoms with Gasteiger partial charge in [-0.2, -0.15) is 18.0 Å². The smallest absolute Gasteiger partial charge is 0.416 e. The highest BCUT2D eigenvalue weighted by Crippen LogP contribution is 2.31. The summed E-state index contributed by atoms with van der Waals surface area (Å²) in [5.41, 5.74) is -1.22. The largest absolute Gasteiger partial charge is 0.494 e. The number of amides is 1. The molecule has 0 aliphatic heterocycles. The van der Waals surface area contributed by atoms with Crippen LogP contribution in [-0.4, -0.2) is 37.6 Å². The lowest BCUT2D eigenvalue weighted by Gasteiger charge is -2.08. The van der Waals surface area contributed by atoms with Crippen molar-refractivity contribution in [2.24, 2.45) is 0 Å². The van der Waals surface area contributed by atoms with E-state index < -0.39 is 29.1 Å². The fourth-order valence-corrected chi connectivity index (χ4v) is 2.60. The minimum Gasteiger partial charge on any atom is -0.494 e. The van der Waals surface area contributed by atoms with Crippen LogP contribution in [0.1, 0.15) is 12.5 Å². The lowest BCUT2D eigenvalue weighted by atomic mass is 10.1. The Labute approximate surface area is 172 Å². The number of aromatic nitrogens is 4. The summed E-state index contributed by atoms with van der Waals surface area (Å²) in [6, 6.07) is 8.32. The third-order valence-electron chi connectivity index (χ3n) is 3.94. The van der Waals surface area contributed by atoms with Crippen LogP contribution in [0, 0.1) is 10.1 Å². The summed E-state index contributed by atoms with van der Waals surface area (Å²) in [7, 11) is 0. The van der Waals surface area contributed by atoms with Gasteiger partial charge in [-0.25, -0.2) is 0 Å². The molecular formula is C18H15F3N6O4. The van der Waals surface area contributed by atoms with Gasteiger partial charge in [-0.05, 0) is 36.4 Å². The average Bonchev–Trinajstić information content (AvgIpc) is 3.17. The molecule has 0 saturated heterocycles. The number of nitrogens with one attached hydrogen (secondary N) is 1. The van der Waals surface area contributed by atoms with Crippen molar-refractivity contribution in [3.63, 3.8) is 0 Å². The van der Waals surface area contributed by atoms with Crippen molar-refractivity contribution in [2.75, 3.05) is 11.9 Å². The molecule has 3 rings (SSSR count). The minimum absolute atomic E-state index is 0.0586. The van der Waals surface area contributed by atoms with Gasteiger partial charge < -0.3 is 10.1 Å². The van der Waals surface area contributed by atoms with E-state index in [0.717, 1.165) is 16.9 Å². The zero-order chi connectivity index (χ0) is 22.6. The van der Waals surface area contributed by atoms with E-state index in [1.807, 2.05) is 0 Å². The summed E-state index contributed by atoms with van der Waals surface area (Å²) >= 11 is 0. The molecule has 0 atom stereocenters. The molecule has 0 aliphatic carbocycles. The van der Waals surface area contributed by atoms with Gasteiger partial charge >= 0.3 is 6.18 Å². The van der Waals surface area contributed by atoms with Crippen molar-refractivity contribution in [1.29, 1.82) is 0 Å². The Morgan fingerprint density at radius 2 is 2.03 bits per heavy atom. The zero-order valence-electron chi connectivity index (χ0n) is 16.0. The number of anilines is 1. The zero-order valence-corrected chi connectivity index (χ0v) is 16.0. The fraction of sp³-hybridized carbons (Fsp3) is 0.222. The van der Waals surface area contributed by atoms with Crippen LogP contribution in [0.5, 0.6) is 5.75 Å². The van der Waals surface area contributed by atoms with Gasteiger partial charge in [0.25, 0.3) is 5.69 Å². The van der Waals surface area contributed by atoms with E-state index in [-0.39, 0.29) is 28.5 Å². The van der Waals surface area contributed by atoms with E-state index in [9.17, 15) is 28.1 Å². The standard InChI is InChI=1S/C18H15F3N6O4/c1-2-31-13-6-7-14(15(9-13)27(29)30)22-16(28)10-26-24-17(23-25-26)11-4-3-5-12(8-11)18(19,20)21/h3-9H,2,10H2,1H3,(H,22,28). The number of nitro benzene ring substituents is 1. The second-order valence-corrected chi connectivity index (χ2v) is 6.14. The molecule has 162 valence electrons. The predicted molar refractivity (Wildman–Crippen MR) is 101 cm³/mol. The first-order chi connectivity index (χ1) is 14.7. The molecule has 1 aromatic heterocycles. The summed E-state index contributed by atoms with van der Waals surface area (Å²) in [5.74, 6) is -0.526. The van der Waals surface area contributed by atoms with Crippen LogP contribution >= 0.6 is 0 Å². The monoisotopic (exact) mass is 436 g/mol. The number of alkyl halides is 3. The topological polar surface area (TPSA) is 125 Å². The van der Waals surface area contributed by atoms with Crippen LogP contribution in [0.2, 0.25) is 0 Å².